The van der Waals surface area contributed by atoms with Gasteiger partial charge in [-0.15, -0.1) is 0 Å². The number of benzene rings is 7. The summed E-state index contributed by atoms with van der Waals surface area (Å²) in [5.74, 6) is 0.513. The topological polar surface area (TPSA) is 30.7 Å². The van der Waals surface area contributed by atoms with Crippen LogP contribution in [-0.4, -0.2) is 14.5 Å². The number of imidazole rings is 1. The summed E-state index contributed by atoms with van der Waals surface area (Å²) in [4.78, 5) is 9.59. The molecule has 226 valence electrons. The maximum Gasteiger partial charge on any atom is 0.146 e. The van der Waals surface area contributed by atoms with Gasteiger partial charge >= 0.3 is 0 Å². The Morgan fingerprint density at radius 3 is 1.92 bits per heavy atom. The lowest BCUT2D eigenvalue weighted by Crippen LogP contribution is -2.01. The molecule has 0 atom stereocenters. The van der Waals surface area contributed by atoms with Crippen LogP contribution in [0.3, 0.4) is 0 Å². The van der Waals surface area contributed by atoms with Gasteiger partial charge in [-0.25, -0.2) is 4.98 Å². The lowest BCUT2D eigenvalue weighted by Gasteiger charge is -2.19. The van der Waals surface area contributed by atoms with Gasteiger partial charge in [-0.3, -0.25) is 9.55 Å². The molecule has 0 saturated heterocycles. The van der Waals surface area contributed by atoms with Crippen LogP contribution >= 0.6 is 0 Å². The monoisotopic (exact) mass is 618 g/mol. The predicted octanol–water partition coefficient (Wildman–Crippen LogP) is 11.3. The summed E-state index contributed by atoms with van der Waals surface area (Å²) in [6, 6.07) is 45.5. The molecule has 0 fully saturated rings. The number of hydrogen-bond donors (Lipinski definition) is 0. The van der Waals surface area contributed by atoms with Crippen LogP contribution in [-0.2, 0) is 6.42 Å². The van der Waals surface area contributed by atoms with Gasteiger partial charge in [-0.05, 0) is 86.6 Å². The second kappa shape index (κ2) is 11.8. The minimum absolute atomic E-state index is 0.0730. The fraction of sp³-hybridized carbons (Fsp3) is 0.0222. The summed E-state index contributed by atoms with van der Waals surface area (Å²) in [6.45, 7) is 0. The Kier molecular flexibility index (Phi) is 5.67. The second-order valence-electron chi connectivity index (χ2n) is 11.8. The molecule has 0 radical (unpaired) electrons. The number of pyridine rings is 1. The highest BCUT2D eigenvalue weighted by Gasteiger charge is 2.20. The zero-order chi connectivity index (χ0) is 36.2. The fourth-order valence-electron chi connectivity index (χ4n) is 6.93. The molecule has 0 bridgehead atoms. The van der Waals surface area contributed by atoms with E-state index in [0.29, 0.717) is 23.3 Å². The molecule has 3 heteroatoms. The smallest absolute Gasteiger partial charge is 0.146 e. The van der Waals surface area contributed by atoms with Gasteiger partial charge in [-0.2, -0.15) is 0 Å². The first-order chi connectivity index (χ1) is 25.9. The molecule has 9 aromatic rings. The average Bonchev–Trinajstić information content (AvgIpc) is 3.59. The van der Waals surface area contributed by atoms with E-state index in [1.54, 1.807) is 4.57 Å². The minimum atomic E-state index is -0.429. The van der Waals surface area contributed by atoms with E-state index in [1.807, 2.05) is 66.9 Å². The van der Waals surface area contributed by atoms with Crippen LogP contribution in [0.15, 0.2) is 176 Å². The Balaban J connectivity index is 1.24. The first kappa shape index (κ1) is 23.1. The molecule has 0 spiro atoms. The maximum atomic E-state index is 8.88. The van der Waals surface area contributed by atoms with Gasteiger partial charge in [-0.1, -0.05) is 133 Å². The van der Waals surface area contributed by atoms with E-state index in [1.165, 1.54) is 11.1 Å². The van der Waals surface area contributed by atoms with Gasteiger partial charge in [0, 0.05) is 23.0 Å². The molecule has 0 aliphatic rings. The Morgan fingerprint density at radius 1 is 0.562 bits per heavy atom. The molecule has 0 N–H and O–H groups in total. The Labute approximate surface area is 286 Å². The number of aromatic nitrogens is 3. The first-order valence-electron chi connectivity index (χ1n) is 18.5. The van der Waals surface area contributed by atoms with Crippen molar-refractivity contribution in [3.63, 3.8) is 0 Å². The molecule has 9 rings (SSSR count). The van der Waals surface area contributed by atoms with Crippen LogP contribution < -0.4 is 0 Å². The minimum Gasteiger partial charge on any atom is -0.292 e. The van der Waals surface area contributed by atoms with Crippen LogP contribution in [0.1, 0.15) is 18.0 Å². The summed E-state index contributed by atoms with van der Waals surface area (Å²) < 4.78 is 44.6. The Bertz CT molecular complexity index is 2780. The second-order valence-corrected chi connectivity index (χ2v) is 11.8. The van der Waals surface area contributed by atoms with Gasteiger partial charge in [0.1, 0.15) is 5.82 Å². The van der Waals surface area contributed by atoms with Crippen LogP contribution in [0.25, 0.3) is 72.0 Å². The SMILES string of the molecule is [2H]c1c([2H])c([2H])c(-n2c(-c3ccccc3Cc3c4ccccc4c(-c4ccc(-c5ccccn5)cc4)c4ccccc34)nc3ccccc32)c([2H])c1[2H]. The van der Waals surface area contributed by atoms with Crippen LogP contribution in [0.2, 0.25) is 0 Å². The van der Waals surface area contributed by atoms with Crippen molar-refractivity contribution >= 4 is 32.6 Å². The third-order valence-electron chi connectivity index (χ3n) is 9.07. The van der Waals surface area contributed by atoms with Crippen LogP contribution in [0.4, 0.5) is 0 Å². The zero-order valence-electron chi connectivity index (χ0n) is 30.9. The van der Waals surface area contributed by atoms with Crippen LogP contribution in [0, 0.1) is 0 Å². The van der Waals surface area contributed by atoms with Crippen molar-refractivity contribution in [1.82, 2.24) is 14.5 Å². The molecular weight excluding hydrogens is 583 g/mol. The molecule has 0 unspecified atom stereocenters. The summed E-state index contributed by atoms with van der Waals surface area (Å²) in [5.41, 5.74) is 8.67. The molecule has 3 nitrogen and oxygen atoms in total. The van der Waals surface area contributed by atoms with E-state index in [9.17, 15) is 0 Å². The largest absolute Gasteiger partial charge is 0.292 e. The number of hydrogen-bond acceptors (Lipinski definition) is 2. The van der Waals surface area contributed by atoms with Crippen molar-refractivity contribution in [2.24, 2.45) is 0 Å². The van der Waals surface area contributed by atoms with Gasteiger partial charge < -0.3 is 0 Å². The third-order valence-corrected chi connectivity index (χ3v) is 9.07. The Morgan fingerprint density at radius 2 is 1.19 bits per heavy atom. The van der Waals surface area contributed by atoms with Gasteiger partial charge in [0.05, 0.1) is 23.6 Å². The highest BCUT2D eigenvalue weighted by molar-refractivity contribution is 6.15. The molecule has 0 amide bonds. The molecule has 48 heavy (non-hydrogen) atoms. The normalized spacial score (nSPS) is 12.9. The average molecular weight is 619 g/mol. The number of para-hydroxylation sites is 3. The summed E-state index contributed by atoms with van der Waals surface area (Å²) in [7, 11) is 0. The van der Waals surface area contributed by atoms with E-state index in [0.717, 1.165) is 49.5 Å². The van der Waals surface area contributed by atoms with E-state index >= 15 is 0 Å². The van der Waals surface area contributed by atoms with Crippen LogP contribution in [0.5, 0.6) is 0 Å². The zero-order valence-corrected chi connectivity index (χ0v) is 25.9. The molecule has 0 aliphatic carbocycles. The predicted molar refractivity (Wildman–Crippen MR) is 199 cm³/mol. The first-order valence-corrected chi connectivity index (χ1v) is 16.0. The van der Waals surface area contributed by atoms with E-state index in [4.69, 9.17) is 11.8 Å². The van der Waals surface area contributed by atoms with E-state index < -0.39 is 6.04 Å². The highest BCUT2D eigenvalue weighted by atomic mass is 15.1. The van der Waals surface area contributed by atoms with Crippen molar-refractivity contribution in [2.75, 3.05) is 0 Å². The molecule has 2 aromatic heterocycles. The van der Waals surface area contributed by atoms with Crippen molar-refractivity contribution in [1.29, 1.82) is 0 Å². The van der Waals surface area contributed by atoms with Gasteiger partial charge in [0.25, 0.3) is 0 Å². The molecule has 0 aliphatic heterocycles. The summed E-state index contributed by atoms with van der Waals surface area (Å²) in [5, 5.41) is 4.58. The molecule has 2 heterocycles. The molecule has 0 saturated carbocycles. The summed E-state index contributed by atoms with van der Waals surface area (Å²) in [6.07, 6.45) is 2.38. The number of nitrogens with zero attached hydrogens (tertiary/aromatic N) is 3. The fourth-order valence-corrected chi connectivity index (χ4v) is 6.93. The van der Waals surface area contributed by atoms with Gasteiger partial charge in [0.2, 0.25) is 0 Å². The van der Waals surface area contributed by atoms with E-state index in [2.05, 4.69) is 83.8 Å². The lowest BCUT2D eigenvalue weighted by atomic mass is 9.85. The summed E-state index contributed by atoms with van der Waals surface area (Å²) >= 11 is 0. The maximum absolute atomic E-state index is 8.88. The standard InChI is InChI=1S/C45H31N3/c1-2-15-34(16-3-1)48-43-24-11-10-23-42(43)47-45(48)35-17-5-4-14-33(35)30-40-36-18-6-8-20-38(36)44(39-21-9-7-19-37(39)40)32-27-25-31(26-28-32)41-22-12-13-29-46-41/h1-29H,30H2/i1D,2D,3D,15D,16D. The molecular formula is C45H31N3. The highest BCUT2D eigenvalue weighted by Crippen LogP contribution is 2.41. The molecule has 7 aromatic carbocycles. The third kappa shape index (κ3) is 4.76. The number of rotatable bonds is 6. The lowest BCUT2D eigenvalue weighted by molar-refractivity contribution is 1.09. The quantitative estimate of drug-likeness (QED) is 0.174. The van der Waals surface area contributed by atoms with Crippen molar-refractivity contribution < 1.29 is 6.85 Å². The van der Waals surface area contributed by atoms with E-state index in [-0.39, 0.29) is 29.9 Å². The Hall–Kier alpha value is -6.32. The van der Waals surface area contributed by atoms with Gasteiger partial charge in [0.15, 0.2) is 0 Å². The van der Waals surface area contributed by atoms with Crippen molar-refractivity contribution in [3.8, 4) is 39.5 Å². The van der Waals surface area contributed by atoms with Crippen molar-refractivity contribution in [3.05, 3.63) is 187 Å². The van der Waals surface area contributed by atoms with Crippen molar-refractivity contribution in [2.45, 2.75) is 6.42 Å². The number of fused-ring (bicyclic) bond motifs is 3.